The van der Waals surface area contributed by atoms with Gasteiger partial charge in [0.1, 0.15) is 0 Å². The van der Waals surface area contributed by atoms with E-state index >= 15 is 0 Å². The molecule has 3 rings (SSSR count). The zero-order valence-corrected chi connectivity index (χ0v) is 15.9. The van der Waals surface area contributed by atoms with Gasteiger partial charge in [-0.3, -0.25) is 19.9 Å². The lowest BCUT2D eigenvalue weighted by molar-refractivity contribution is -0.117. The van der Waals surface area contributed by atoms with Crippen molar-refractivity contribution in [2.24, 2.45) is 0 Å². The van der Waals surface area contributed by atoms with Gasteiger partial charge in [0.25, 0.3) is 0 Å². The van der Waals surface area contributed by atoms with Crippen molar-refractivity contribution in [3.05, 3.63) is 29.3 Å². The normalized spacial score (nSPS) is 16.8. The Morgan fingerprint density at radius 2 is 1.81 bits per heavy atom. The van der Waals surface area contributed by atoms with E-state index in [4.69, 9.17) is 9.05 Å². The molecule has 1 N–H and O–H groups in total. The summed E-state index contributed by atoms with van der Waals surface area (Å²) in [7, 11) is 0. The number of rotatable bonds is 5. The fourth-order valence-electron chi connectivity index (χ4n) is 2.88. The Morgan fingerprint density at radius 1 is 1.12 bits per heavy atom. The van der Waals surface area contributed by atoms with Gasteiger partial charge in [-0.1, -0.05) is 31.1 Å². The maximum Gasteiger partial charge on any atom is 0.240 e. The second-order valence-corrected chi connectivity index (χ2v) is 7.86. The third-order valence-corrected chi connectivity index (χ3v) is 4.43. The topological polar surface area (TPSA) is 87.6 Å². The number of aromatic nitrogens is 2. The largest absolute Gasteiger partial charge is 0.360 e. The molecule has 8 heteroatoms. The summed E-state index contributed by atoms with van der Waals surface area (Å²) in [6, 6.07) is 3.75. The molecule has 1 aliphatic heterocycles. The molecule has 1 amide bonds. The van der Waals surface area contributed by atoms with E-state index in [1.165, 1.54) is 0 Å². The molecule has 3 heterocycles. The Kier molecular flexibility index (Phi) is 5.43. The lowest BCUT2D eigenvalue weighted by Crippen LogP contribution is -2.48. The molecule has 8 nitrogen and oxygen atoms in total. The number of amides is 1. The molecule has 0 unspecified atom stereocenters. The molecule has 26 heavy (non-hydrogen) atoms. The summed E-state index contributed by atoms with van der Waals surface area (Å²) in [5, 5.41) is 10.7. The van der Waals surface area contributed by atoms with Crippen LogP contribution in [0.3, 0.4) is 0 Å². The van der Waals surface area contributed by atoms with Crippen LogP contribution in [0.5, 0.6) is 0 Å². The lowest BCUT2D eigenvalue weighted by Gasteiger charge is -2.33. The Balaban J connectivity index is 1.42. The molecule has 1 aliphatic rings. The third kappa shape index (κ3) is 4.92. The number of carbonyl (C=O) groups excluding carboxylic acids is 1. The van der Waals surface area contributed by atoms with Crippen LogP contribution in [0.15, 0.2) is 21.2 Å². The molecule has 0 spiro atoms. The highest BCUT2D eigenvalue weighted by Gasteiger charge is 2.22. The van der Waals surface area contributed by atoms with E-state index in [2.05, 4.69) is 46.2 Å². The molecule has 0 bridgehead atoms. The molecular weight excluding hydrogens is 334 g/mol. The van der Waals surface area contributed by atoms with E-state index in [1.54, 1.807) is 6.07 Å². The second-order valence-electron chi connectivity index (χ2n) is 7.86. The van der Waals surface area contributed by atoms with Crippen molar-refractivity contribution in [3.8, 4) is 0 Å². The minimum absolute atomic E-state index is 0.0825. The number of piperazine rings is 1. The van der Waals surface area contributed by atoms with Crippen molar-refractivity contribution in [1.29, 1.82) is 0 Å². The third-order valence-electron chi connectivity index (χ3n) is 4.43. The fraction of sp³-hybridized carbons (Fsp3) is 0.611. The van der Waals surface area contributed by atoms with Gasteiger partial charge in [-0.15, -0.1) is 0 Å². The monoisotopic (exact) mass is 361 g/mol. The molecule has 1 fully saturated rings. The second kappa shape index (κ2) is 7.59. The van der Waals surface area contributed by atoms with Crippen LogP contribution in [0.25, 0.3) is 0 Å². The van der Waals surface area contributed by atoms with E-state index in [1.807, 2.05) is 13.0 Å². The summed E-state index contributed by atoms with van der Waals surface area (Å²) in [5.41, 5.74) is 1.62. The van der Waals surface area contributed by atoms with Crippen LogP contribution in [0.1, 0.15) is 37.9 Å². The van der Waals surface area contributed by atoms with E-state index in [-0.39, 0.29) is 11.3 Å². The SMILES string of the molecule is Cc1cc(CN2CCN(CC(=O)Nc3cc(C(C)(C)C)no3)CC2)on1. The van der Waals surface area contributed by atoms with Gasteiger partial charge >= 0.3 is 0 Å². The molecule has 142 valence electrons. The van der Waals surface area contributed by atoms with Gasteiger partial charge in [0.15, 0.2) is 5.76 Å². The first-order valence-corrected chi connectivity index (χ1v) is 8.93. The maximum atomic E-state index is 12.2. The molecule has 2 aromatic rings. The van der Waals surface area contributed by atoms with E-state index in [0.29, 0.717) is 12.4 Å². The average molecular weight is 361 g/mol. The number of anilines is 1. The average Bonchev–Trinajstić information content (AvgIpc) is 3.18. The van der Waals surface area contributed by atoms with Crippen molar-refractivity contribution in [1.82, 2.24) is 20.1 Å². The van der Waals surface area contributed by atoms with Gasteiger partial charge in [0.2, 0.25) is 11.8 Å². The van der Waals surface area contributed by atoms with Crippen LogP contribution in [0.2, 0.25) is 0 Å². The molecule has 0 saturated carbocycles. The lowest BCUT2D eigenvalue weighted by atomic mass is 9.92. The number of hydrogen-bond acceptors (Lipinski definition) is 7. The fourth-order valence-corrected chi connectivity index (χ4v) is 2.88. The number of hydrogen-bond donors (Lipinski definition) is 1. The van der Waals surface area contributed by atoms with Crippen molar-refractivity contribution < 1.29 is 13.8 Å². The first-order chi connectivity index (χ1) is 12.3. The van der Waals surface area contributed by atoms with Crippen molar-refractivity contribution in [2.75, 3.05) is 38.0 Å². The highest BCUT2D eigenvalue weighted by Crippen LogP contribution is 2.23. The van der Waals surface area contributed by atoms with E-state index in [0.717, 1.165) is 49.9 Å². The predicted molar refractivity (Wildman–Crippen MR) is 96.8 cm³/mol. The molecule has 0 aliphatic carbocycles. The number of nitrogens with zero attached hydrogens (tertiary/aromatic N) is 4. The minimum atomic E-state index is -0.106. The van der Waals surface area contributed by atoms with Crippen LogP contribution >= 0.6 is 0 Å². The Morgan fingerprint density at radius 3 is 2.38 bits per heavy atom. The molecule has 0 radical (unpaired) electrons. The number of aryl methyl sites for hydroxylation is 1. The summed E-state index contributed by atoms with van der Waals surface area (Å²) >= 11 is 0. The Labute approximate surface area is 153 Å². The molecular formula is C18H27N5O3. The maximum absolute atomic E-state index is 12.2. The first kappa shape index (κ1) is 18.6. The van der Waals surface area contributed by atoms with Gasteiger partial charge in [0, 0.05) is 43.7 Å². The van der Waals surface area contributed by atoms with Crippen LogP contribution in [-0.2, 0) is 16.8 Å². The van der Waals surface area contributed by atoms with Crippen LogP contribution in [-0.4, -0.2) is 58.7 Å². The van der Waals surface area contributed by atoms with Gasteiger partial charge < -0.3 is 9.05 Å². The van der Waals surface area contributed by atoms with E-state index < -0.39 is 0 Å². The summed E-state index contributed by atoms with van der Waals surface area (Å²) < 4.78 is 10.5. The van der Waals surface area contributed by atoms with Gasteiger partial charge in [0.05, 0.1) is 24.5 Å². The van der Waals surface area contributed by atoms with Crippen molar-refractivity contribution in [3.63, 3.8) is 0 Å². The zero-order chi connectivity index (χ0) is 18.7. The van der Waals surface area contributed by atoms with Crippen LogP contribution < -0.4 is 5.32 Å². The number of carbonyl (C=O) groups is 1. The van der Waals surface area contributed by atoms with Crippen molar-refractivity contribution in [2.45, 2.75) is 39.7 Å². The minimum Gasteiger partial charge on any atom is -0.360 e. The van der Waals surface area contributed by atoms with Crippen LogP contribution in [0.4, 0.5) is 5.88 Å². The molecule has 0 aromatic carbocycles. The summed E-state index contributed by atoms with van der Waals surface area (Å²) in [6.45, 7) is 12.6. The highest BCUT2D eigenvalue weighted by molar-refractivity contribution is 5.91. The molecule has 1 saturated heterocycles. The summed E-state index contributed by atoms with van der Waals surface area (Å²) in [4.78, 5) is 16.7. The smallest absolute Gasteiger partial charge is 0.240 e. The van der Waals surface area contributed by atoms with Gasteiger partial charge in [-0.2, -0.15) is 0 Å². The van der Waals surface area contributed by atoms with Gasteiger partial charge in [-0.25, -0.2) is 0 Å². The summed E-state index contributed by atoms with van der Waals surface area (Å²) in [5.74, 6) is 1.20. The molecule has 2 aromatic heterocycles. The van der Waals surface area contributed by atoms with Crippen LogP contribution in [0, 0.1) is 6.92 Å². The van der Waals surface area contributed by atoms with Crippen molar-refractivity contribution >= 4 is 11.8 Å². The molecule has 0 atom stereocenters. The first-order valence-electron chi connectivity index (χ1n) is 8.93. The zero-order valence-electron chi connectivity index (χ0n) is 15.9. The highest BCUT2D eigenvalue weighted by atomic mass is 16.5. The van der Waals surface area contributed by atoms with Gasteiger partial charge in [-0.05, 0) is 6.92 Å². The predicted octanol–water partition coefficient (Wildman–Crippen LogP) is 2.02. The Bertz CT molecular complexity index is 738. The standard InChI is InChI=1S/C18H27N5O3/c1-13-9-14(25-20-13)11-22-5-7-23(8-6-22)12-16(24)19-17-10-15(21-26-17)18(2,3)4/h9-10H,5-8,11-12H2,1-4H3,(H,19,24). The van der Waals surface area contributed by atoms with E-state index in [9.17, 15) is 4.79 Å². The Hall–Kier alpha value is -2.19. The quantitative estimate of drug-likeness (QED) is 0.872. The number of nitrogens with one attached hydrogen (secondary N) is 1. The summed E-state index contributed by atoms with van der Waals surface area (Å²) in [6.07, 6.45) is 0.